The summed E-state index contributed by atoms with van der Waals surface area (Å²) < 4.78 is 56.7. The van der Waals surface area contributed by atoms with Gasteiger partial charge in [-0.3, -0.25) is 4.98 Å². The van der Waals surface area contributed by atoms with Gasteiger partial charge in [0.1, 0.15) is 15.7 Å². The summed E-state index contributed by atoms with van der Waals surface area (Å²) in [5.74, 6) is 0. The number of thiazole rings is 2. The van der Waals surface area contributed by atoms with Crippen molar-refractivity contribution >= 4 is 130 Å². The van der Waals surface area contributed by atoms with Crippen LogP contribution in [0.2, 0.25) is 0 Å². The normalized spacial score (nSPS) is 11.7. The number of nitrogens with zero attached hydrogens (tertiary/aromatic N) is 8. The molecule has 0 fully saturated rings. The first-order valence-corrected chi connectivity index (χ1v) is 26.9. The Balaban J connectivity index is 0.000000125. The van der Waals surface area contributed by atoms with E-state index in [1.54, 1.807) is 97.0 Å². The van der Waals surface area contributed by atoms with Crippen LogP contribution in [-0.4, -0.2) is 59.7 Å². The second-order valence-electron chi connectivity index (χ2n) is 14.5. The molecule has 11 aromatic rings. The van der Waals surface area contributed by atoms with Gasteiger partial charge < -0.3 is 4.98 Å². The van der Waals surface area contributed by atoms with E-state index in [0.717, 1.165) is 77.7 Å². The van der Waals surface area contributed by atoms with Crippen LogP contribution in [0.5, 0.6) is 0 Å². The summed E-state index contributed by atoms with van der Waals surface area (Å²) in [6.07, 6.45) is 17.3. The third kappa shape index (κ3) is 9.27. The van der Waals surface area contributed by atoms with Gasteiger partial charge in [-0.2, -0.15) is 0 Å². The van der Waals surface area contributed by atoms with Gasteiger partial charge >= 0.3 is 0 Å². The first kappa shape index (κ1) is 45.7. The molecular weight excluding hydrogens is 1160 g/mol. The number of halogens is 3. The van der Waals surface area contributed by atoms with Crippen LogP contribution in [0, 0.1) is 17.4 Å². The number of aromatic amines is 1. The average Bonchev–Trinajstić information content (AvgIpc) is 4.18. The first-order chi connectivity index (χ1) is 31.8. The van der Waals surface area contributed by atoms with Gasteiger partial charge in [-0.05, 0) is 117 Å². The van der Waals surface area contributed by atoms with Gasteiger partial charge in [-0.1, -0.05) is 41.5 Å². The molecule has 1 N–H and O–H groups in total. The van der Waals surface area contributed by atoms with E-state index in [0.29, 0.717) is 11.3 Å². The second kappa shape index (κ2) is 19.0. The van der Waals surface area contributed by atoms with Gasteiger partial charge in [0.25, 0.3) is 20.0 Å². The second-order valence-corrected chi connectivity index (χ2v) is 22.9. The Labute approximate surface area is 417 Å². The highest BCUT2D eigenvalue weighted by Crippen LogP contribution is 2.35. The number of H-pyrrole nitrogens is 1. The molecule has 11 rings (SSSR count). The Bertz CT molecular complexity index is 3730. The molecule has 0 aliphatic heterocycles. The highest BCUT2D eigenvalue weighted by atomic mass is 127. The Hall–Kier alpha value is -5.49. The van der Waals surface area contributed by atoms with Crippen molar-refractivity contribution in [1.82, 2.24) is 42.8 Å². The Morgan fingerprint density at radius 3 is 1.71 bits per heavy atom. The zero-order chi connectivity index (χ0) is 46.2. The Morgan fingerprint density at radius 2 is 1.15 bits per heavy atom. The molecule has 0 amide bonds. The van der Waals surface area contributed by atoms with Gasteiger partial charge in [-0.25, -0.2) is 49.7 Å². The summed E-state index contributed by atoms with van der Waals surface area (Å²) >= 11 is 12.0. The molecule has 0 saturated carbocycles. The number of rotatable bonds is 7. The summed E-state index contributed by atoms with van der Waals surface area (Å²) in [4.78, 5) is 29.6. The average molecular weight is 1190 g/mol. The third-order valence-electron chi connectivity index (χ3n) is 10.1. The number of aromatic nitrogens is 9. The van der Waals surface area contributed by atoms with Crippen molar-refractivity contribution in [2.45, 2.75) is 23.6 Å². The van der Waals surface area contributed by atoms with Crippen LogP contribution in [0.25, 0.3) is 65.4 Å². The monoisotopic (exact) mass is 1190 g/mol. The predicted molar refractivity (Wildman–Crippen MR) is 277 cm³/mol. The van der Waals surface area contributed by atoms with Crippen LogP contribution in [0.4, 0.5) is 0 Å². The van der Waals surface area contributed by atoms with E-state index in [2.05, 4.69) is 95.4 Å². The molecule has 0 spiro atoms. The smallest absolute Gasteiger partial charge is 0.269 e. The molecule has 0 aliphatic rings. The summed E-state index contributed by atoms with van der Waals surface area (Å²) in [6.45, 7) is 3.84. The summed E-state index contributed by atoms with van der Waals surface area (Å²) in [7, 11) is -7.39. The van der Waals surface area contributed by atoms with Crippen molar-refractivity contribution in [3.63, 3.8) is 0 Å². The fraction of sp³-hybridized carbons (Fsp3) is 0.0435. The van der Waals surface area contributed by atoms with Crippen LogP contribution in [0.3, 0.4) is 0 Å². The van der Waals surface area contributed by atoms with Gasteiger partial charge in [0.15, 0.2) is 11.3 Å². The molecular formula is C46H32Br2IN9O4S4. The van der Waals surface area contributed by atoms with Crippen LogP contribution >= 0.6 is 77.1 Å². The molecule has 0 bridgehead atoms. The lowest BCUT2D eigenvalue weighted by Gasteiger charge is -2.07. The summed E-state index contributed by atoms with van der Waals surface area (Å²) in [5, 5.41) is 8.22. The first-order valence-electron chi connectivity index (χ1n) is 19.6. The van der Waals surface area contributed by atoms with Gasteiger partial charge in [0.2, 0.25) is 0 Å². The lowest BCUT2D eigenvalue weighted by atomic mass is 10.1. The van der Waals surface area contributed by atoms with Crippen molar-refractivity contribution in [2.75, 3.05) is 0 Å². The van der Waals surface area contributed by atoms with Gasteiger partial charge in [-0.15, -0.1) is 22.7 Å². The fourth-order valence-corrected chi connectivity index (χ4v) is 12.3. The van der Waals surface area contributed by atoms with Gasteiger partial charge in [0, 0.05) is 124 Å². The number of aryl methyl sites for hydroxylation is 2. The van der Waals surface area contributed by atoms with E-state index in [4.69, 9.17) is 0 Å². The van der Waals surface area contributed by atoms with E-state index < -0.39 is 20.0 Å². The zero-order valence-electron chi connectivity index (χ0n) is 34.4. The van der Waals surface area contributed by atoms with Crippen molar-refractivity contribution in [2.24, 2.45) is 0 Å². The van der Waals surface area contributed by atoms with Crippen molar-refractivity contribution in [3.05, 3.63) is 175 Å². The number of benzene rings is 2. The van der Waals surface area contributed by atoms with E-state index >= 15 is 0 Å². The maximum absolute atomic E-state index is 13.1. The molecule has 13 nitrogen and oxygen atoms in total. The molecule has 66 heavy (non-hydrogen) atoms. The van der Waals surface area contributed by atoms with E-state index in [-0.39, 0.29) is 9.79 Å². The predicted octanol–water partition coefficient (Wildman–Crippen LogP) is 12.2. The largest absolute Gasteiger partial charge is 0.345 e. The lowest BCUT2D eigenvalue weighted by Crippen LogP contribution is -2.12. The Morgan fingerprint density at radius 1 is 0.591 bits per heavy atom. The number of hydrogen-bond acceptors (Lipinski definition) is 12. The minimum Gasteiger partial charge on any atom is -0.345 e. The molecule has 0 radical (unpaired) electrons. The lowest BCUT2D eigenvalue weighted by molar-refractivity contribution is 0.587. The van der Waals surface area contributed by atoms with Crippen LogP contribution in [0.15, 0.2) is 170 Å². The SMILES string of the molecule is Cc1ccc(S(=O)(=O)n2cc(-c3nccs3)c3cc(Br)cnc32)cc1.Cc1ccc(S(=O)(=O)n2cc(I)c3cc(Br)cnc32)cc1.c1cncc(-c2cnc3[nH]cc(-c4nccs4)c3c2)c1. The minimum atomic E-state index is -3.75. The number of pyridine rings is 4. The topological polar surface area (TPSA) is 171 Å². The number of fused-ring (bicyclic) bond motifs is 3. The Kier molecular flexibility index (Phi) is 13.2. The van der Waals surface area contributed by atoms with Crippen LogP contribution < -0.4 is 0 Å². The molecule has 9 aromatic heterocycles. The number of hydrogen-bond donors (Lipinski definition) is 1. The highest BCUT2D eigenvalue weighted by Gasteiger charge is 2.24. The van der Waals surface area contributed by atoms with E-state index in [1.807, 2.05) is 73.7 Å². The summed E-state index contributed by atoms with van der Waals surface area (Å²) in [5.41, 5.74) is 7.67. The van der Waals surface area contributed by atoms with Crippen LogP contribution in [0.1, 0.15) is 11.1 Å². The maximum atomic E-state index is 13.1. The van der Waals surface area contributed by atoms with E-state index in [1.165, 1.54) is 19.3 Å². The molecule has 2 aromatic carbocycles. The molecule has 0 atom stereocenters. The van der Waals surface area contributed by atoms with E-state index in [9.17, 15) is 16.8 Å². The van der Waals surface area contributed by atoms with Crippen molar-refractivity contribution in [1.29, 1.82) is 0 Å². The van der Waals surface area contributed by atoms with Crippen molar-refractivity contribution < 1.29 is 16.8 Å². The molecule has 330 valence electrons. The molecule has 9 heterocycles. The molecule has 20 heteroatoms. The number of nitrogens with one attached hydrogen (secondary N) is 1. The van der Waals surface area contributed by atoms with Crippen LogP contribution in [-0.2, 0) is 20.0 Å². The zero-order valence-corrected chi connectivity index (χ0v) is 43.0. The molecule has 0 saturated heterocycles. The standard InChI is InChI=1S/C17H12BrN3O2S2.C15H10N4S.C14H10BrIN2O2S/c1-11-2-4-13(5-3-11)25(22,23)21-10-15(17-19-6-7-24-17)14-8-12(18)9-20-16(14)21;1-2-10(7-16-3-1)11-6-12-13(15-17-4-5-20-15)9-19-14(12)18-8-11;1-9-2-4-11(5-3-9)21(19,20)18-8-13(16)12-6-10(15)7-17-14(12)18/h2-10H,1H3;1-9H,(H,18,19);2-8H,1H3. The minimum absolute atomic E-state index is 0.227. The van der Waals surface area contributed by atoms with Gasteiger partial charge in [0.05, 0.1) is 9.79 Å². The highest BCUT2D eigenvalue weighted by molar-refractivity contribution is 14.1. The van der Waals surface area contributed by atoms with Crippen molar-refractivity contribution in [3.8, 4) is 32.3 Å². The molecule has 0 aliphatic carbocycles. The summed E-state index contributed by atoms with van der Waals surface area (Å²) in [6, 6.07) is 23.4. The molecule has 0 unspecified atom stereocenters. The fourth-order valence-electron chi connectivity index (χ4n) is 6.84. The maximum Gasteiger partial charge on any atom is 0.269 e. The quantitative estimate of drug-likeness (QED) is 0.151. The third-order valence-corrected chi connectivity index (χ3v) is 16.8.